The van der Waals surface area contributed by atoms with Crippen molar-refractivity contribution < 1.29 is 9.90 Å². The molecule has 1 fully saturated rings. The molecule has 1 aromatic carbocycles. The molecule has 0 radical (unpaired) electrons. The van der Waals surface area contributed by atoms with Crippen LogP contribution >= 0.6 is 11.3 Å². The summed E-state index contributed by atoms with van der Waals surface area (Å²) >= 11 is 1.50. The first-order valence-corrected chi connectivity index (χ1v) is 9.13. The lowest BCUT2D eigenvalue weighted by Gasteiger charge is -2.44. The van der Waals surface area contributed by atoms with Gasteiger partial charge in [0.1, 0.15) is 0 Å². The Morgan fingerprint density at radius 3 is 2.88 bits per heavy atom. The number of carbonyl (C=O) groups is 1. The molecule has 1 aliphatic rings. The number of guanidine groups is 1. The molecule has 3 rings (SSSR count). The molecule has 0 bridgehead atoms. The Morgan fingerprint density at radius 1 is 1.42 bits per heavy atom. The fraction of sp³-hybridized carbons (Fsp3) is 0.316. The normalized spacial score (nSPS) is 22.8. The Hall–Kier alpha value is -2.69. The maximum atomic E-state index is 12.7. The monoisotopic (exact) mass is 368 g/mol. The van der Waals surface area contributed by atoms with Crippen molar-refractivity contribution >= 4 is 23.2 Å². The van der Waals surface area contributed by atoms with E-state index in [9.17, 15) is 9.90 Å². The second kappa shape index (κ2) is 6.90. The van der Waals surface area contributed by atoms with Crippen molar-refractivity contribution in [1.82, 2.24) is 10.2 Å². The van der Waals surface area contributed by atoms with Crippen LogP contribution in [0.1, 0.15) is 23.8 Å². The van der Waals surface area contributed by atoms with E-state index in [1.54, 1.807) is 13.1 Å². The molecule has 0 aliphatic carbocycles. The first-order chi connectivity index (χ1) is 12.4. The highest BCUT2D eigenvalue weighted by molar-refractivity contribution is 7.10. The third kappa shape index (κ3) is 2.98. The summed E-state index contributed by atoms with van der Waals surface area (Å²) in [4.78, 5) is 14.9. The molecule has 1 saturated heterocycles. The number of nitrogens with one attached hydrogen (secondary N) is 2. The molecule has 26 heavy (non-hydrogen) atoms. The molecule has 2 aromatic rings. The van der Waals surface area contributed by atoms with Crippen molar-refractivity contribution in [3.8, 4) is 17.2 Å². The zero-order chi connectivity index (χ0) is 18.9. The fourth-order valence-electron chi connectivity index (χ4n) is 3.31. The zero-order valence-corrected chi connectivity index (χ0v) is 15.4. The summed E-state index contributed by atoms with van der Waals surface area (Å²) in [5.74, 6) is -0.594. The molecular formula is C19H20N4O2S. The summed E-state index contributed by atoms with van der Waals surface area (Å²) in [6, 6.07) is 11.5. The summed E-state index contributed by atoms with van der Waals surface area (Å²) in [5, 5.41) is 31.7. The van der Waals surface area contributed by atoms with Gasteiger partial charge in [0.2, 0.25) is 5.91 Å². The topological polar surface area (TPSA) is 100 Å². The van der Waals surface area contributed by atoms with E-state index in [0.717, 1.165) is 16.0 Å². The number of carbonyl (C=O) groups excluding carboxylic acids is 1. The predicted molar refractivity (Wildman–Crippen MR) is 101 cm³/mol. The molecule has 1 aliphatic heterocycles. The van der Waals surface area contributed by atoms with Gasteiger partial charge in [-0.15, -0.1) is 11.3 Å². The van der Waals surface area contributed by atoms with Crippen molar-refractivity contribution in [3.63, 3.8) is 0 Å². The predicted octanol–water partition coefficient (Wildman–Crippen LogP) is 2.50. The Bertz CT molecular complexity index is 901. The highest BCUT2D eigenvalue weighted by Gasteiger charge is 2.47. The summed E-state index contributed by atoms with van der Waals surface area (Å²) in [5.41, 5.74) is 1.72. The molecule has 1 amide bonds. The smallest absolute Gasteiger partial charge is 0.234 e. The fourth-order valence-corrected chi connectivity index (χ4v) is 4.40. The average Bonchev–Trinajstić information content (AvgIpc) is 3.14. The van der Waals surface area contributed by atoms with E-state index in [0.29, 0.717) is 12.0 Å². The van der Waals surface area contributed by atoms with Gasteiger partial charge in [-0.25, -0.2) is 0 Å². The van der Waals surface area contributed by atoms with Gasteiger partial charge in [0.25, 0.3) is 0 Å². The quantitative estimate of drug-likeness (QED) is 0.772. The summed E-state index contributed by atoms with van der Waals surface area (Å²) in [6.45, 7) is 1.80. The number of thiophene rings is 1. The summed E-state index contributed by atoms with van der Waals surface area (Å²) < 4.78 is 0. The van der Waals surface area contributed by atoms with Crippen molar-refractivity contribution in [1.29, 1.82) is 10.7 Å². The lowest BCUT2D eigenvalue weighted by Crippen LogP contribution is -2.63. The molecule has 7 heteroatoms. The van der Waals surface area contributed by atoms with E-state index in [-0.39, 0.29) is 18.5 Å². The van der Waals surface area contributed by atoms with E-state index in [2.05, 4.69) is 11.4 Å². The number of nitrogens with zero attached hydrogens (tertiary/aromatic N) is 2. The third-order valence-electron chi connectivity index (χ3n) is 4.89. The second-order valence-electron chi connectivity index (χ2n) is 6.53. The van der Waals surface area contributed by atoms with E-state index in [1.807, 2.05) is 36.6 Å². The number of hydrogen-bond acceptors (Lipinski definition) is 5. The second-order valence-corrected chi connectivity index (χ2v) is 7.44. The van der Waals surface area contributed by atoms with Crippen LogP contribution in [0.2, 0.25) is 0 Å². The average molecular weight is 368 g/mol. The van der Waals surface area contributed by atoms with Crippen molar-refractivity contribution in [2.24, 2.45) is 5.92 Å². The maximum Gasteiger partial charge on any atom is 0.234 e. The van der Waals surface area contributed by atoms with Crippen LogP contribution < -0.4 is 5.32 Å². The van der Waals surface area contributed by atoms with Crippen molar-refractivity contribution in [2.45, 2.75) is 18.9 Å². The Balaban J connectivity index is 2.01. The molecule has 1 aromatic heterocycles. The molecule has 2 heterocycles. The highest BCUT2D eigenvalue weighted by Crippen LogP contribution is 2.40. The van der Waals surface area contributed by atoms with Crippen molar-refractivity contribution in [3.05, 3.63) is 46.2 Å². The minimum Gasteiger partial charge on any atom is -0.396 e. The largest absolute Gasteiger partial charge is 0.396 e. The number of amides is 1. The molecule has 1 unspecified atom stereocenters. The third-order valence-corrected chi connectivity index (χ3v) is 6.06. The van der Waals surface area contributed by atoms with Crippen LogP contribution in [0.4, 0.5) is 0 Å². The van der Waals surface area contributed by atoms with Gasteiger partial charge < -0.3 is 10.4 Å². The molecule has 6 nitrogen and oxygen atoms in total. The first-order valence-electron chi connectivity index (χ1n) is 8.25. The number of aliphatic hydroxyl groups is 1. The minimum absolute atomic E-state index is 0.0492. The molecule has 2 atom stereocenters. The molecule has 0 saturated carbocycles. The van der Waals surface area contributed by atoms with Crippen LogP contribution in [-0.2, 0) is 10.3 Å². The Morgan fingerprint density at radius 2 is 2.19 bits per heavy atom. The zero-order valence-electron chi connectivity index (χ0n) is 14.6. The van der Waals surface area contributed by atoms with Crippen LogP contribution in [0.5, 0.6) is 0 Å². The van der Waals surface area contributed by atoms with Gasteiger partial charge in [-0.1, -0.05) is 12.1 Å². The van der Waals surface area contributed by atoms with Gasteiger partial charge in [-0.3, -0.25) is 15.1 Å². The number of aliphatic hydroxyl groups excluding tert-OH is 1. The molecule has 134 valence electrons. The number of rotatable bonds is 4. The lowest BCUT2D eigenvalue weighted by molar-refractivity contribution is -0.136. The van der Waals surface area contributed by atoms with Crippen molar-refractivity contribution in [2.75, 3.05) is 13.7 Å². The van der Waals surface area contributed by atoms with Gasteiger partial charge in [0.15, 0.2) is 5.96 Å². The standard InChI is InChI=1S/C19H20N4O2S/c1-19(15(6-7-24)17(25)23(2)18(21)22-19)16-9-14(11-26-16)13-5-3-4-12(8-13)10-20/h3-5,8-9,11,15,24H,6-7H2,1-2H3,(H2,21,22)/t15?,19-/m0/s1. The molecule has 3 N–H and O–H groups in total. The molecular weight excluding hydrogens is 348 g/mol. The number of benzene rings is 1. The SMILES string of the molecule is CN1C(=N)N[C@](C)(c2cc(-c3cccc(C#N)c3)cs2)C(CCO)C1=O. The number of nitriles is 1. The van der Waals surface area contributed by atoms with Gasteiger partial charge in [-0.05, 0) is 48.1 Å². The lowest BCUT2D eigenvalue weighted by atomic mass is 9.79. The molecule has 0 spiro atoms. The van der Waals surface area contributed by atoms with Gasteiger partial charge >= 0.3 is 0 Å². The highest BCUT2D eigenvalue weighted by atomic mass is 32.1. The van der Waals surface area contributed by atoms with Gasteiger partial charge in [-0.2, -0.15) is 5.26 Å². The van der Waals surface area contributed by atoms with Crippen LogP contribution in [0.15, 0.2) is 35.7 Å². The Kier molecular flexibility index (Phi) is 4.81. The van der Waals surface area contributed by atoms with Gasteiger partial charge in [0.05, 0.1) is 23.1 Å². The summed E-state index contributed by atoms with van der Waals surface area (Å²) in [7, 11) is 1.56. The maximum absolute atomic E-state index is 12.7. The Labute approximate surface area is 156 Å². The van der Waals surface area contributed by atoms with Crippen LogP contribution in [0.25, 0.3) is 11.1 Å². The first kappa shape index (κ1) is 18.1. The van der Waals surface area contributed by atoms with E-state index >= 15 is 0 Å². The van der Waals surface area contributed by atoms with E-state index in [1.165, 1.54) is 16.2 Å². The summed E-state index contributed by atoms with van der Waals surface area (Å²) in [6.07, 6.45) is 0.317. The van der Waals surface area contributed by atoms with E-state index in [4.69, 9.17) is 10.7 Å². The van der Waals surface area contributed by atoms with Gasteiger partial charge in [0, 0.05) is 18.5 Å². The number of hydrogen-bond donors (Lipinski definition) is 3. The van der Waals surface area contributed by atoms with E-state index < -0.39 is 11.5 Å². The van der Waals surface area contributed by atoms with Crippen LogP contribution in [0, 0.1) is 22.7 Å². The minimum atomic E-state index is -0.765. The van der Waals surface area contributed by atoms with Crippen LogP contribution in [-0.4, -0.2) is 35.5 Å². The van der Waals surface area contributed by atoms with Crippen LogP contribution in [0.3, 0.4) is 0 Å².